The van der Waals surface area contributed by atoms with E-state index >= 15 is 0 Å². The van der Waals surface area contributed by atoms with Crippen LogP contribution in [0.25, 0.3) is 0 Å². The maximum absolute atomic E-state index is 11.9. The second-order valence-corrected chi connectivity index (χ2v) is 7.84. The van der Waals surface area contributed by atoms with E-state index in [9.17, 15) is 13.2 Å². The average molecular weight is 354 g/mol. The van der Waals surface area contributed by atoms with Crippen molar-refractivity contribution in [2.24, 2.45) is 5.92 Å². The molecule has 0 saturated carbocycles. The molecule has 2 unspecified atom stereocenters. The van der Waals surface area contributed by atoms with E-state index in [1.807, 2.05) is 0 Å². The van der Waals surface area contributed by atoms with Gasteiger partial charge in [-0.05, 0) is 30.3 Å². The Morgan fingerprint density at radius 3 is 2.90 bits per heavy atom. The van der Waals surface area contributed by atoms with Crippen molar-refractivity contribution < 1.29 is 13.2 Å². The number of carbonyl (C=O) groups excluding carboxylic acids is 1. The molecule has 1 aromatic rings. The third-order valence-corrected chi connectivity index (χ3v) is 6.16. The summed E-state index contributed by atoms with van der Waals surface area (Å²) in [5.41, 5.74) is 0. The maximum atomic E-state index is 11.9. The minimum Gasteiger partial charge on any atom is -0.351 e. The molecule has 1 aliphatic heterocycles. The summed E-state index contributed by atoms with van der Waals surface area (Å²) >= 11 is 1.13. The number of rotatable bonds is 5. The van der Waals surface area contributed by atoms with E-state index in [2.05, 4.69) is 22.3 Å². The van der Waals surface area contributed by atoms with Crippen molar-refractivity contribution in [3.8, 4) is 0 Å². The molecule has 1 aliphatic rings. The summed E-state index contributed by atoms with van der Waals surface area (Å²) in [5, 5.41) is 7.76. The quantitative estimate of drug-likeness (QED) is 0.722. The molecule has 1 fully saturated rings. The van der Waals surface area contributed by atoms with Crippen molar-refractivity contribution >= 4 is 39.7 Å². The largest absolute Gasteiger partial charge is 0.351 e. The predicted molar refractivity (Wildman–Crippen MR) is 85.3 cm³/mol. The second-order valence-electron chi connectivity index (χ2n) is 4.90. The van der Waals surface area contributed by atoms with Crippen LogP contribution in [0, 0.1) is 5.92 Å². The van der Waals surface area contributed by atoms with Gasteiger partial charge in [0.15, 0.2) is 0 Å². The van der Waals surface area contributed by atoms with Crippen LogP contribution in [0.1, 0.15) is 13.3 Å². The zero-order valence-electron chi connectivity index (χ0n) is 11.7. The molecule has 0 aliphatic carbocycles. The molecule has 2 heterocycles. The van der Waals surface area contributed by atoms with E-state index < -0.39 is 10.0 Å². The Morgan fingerprint density at radius 2 is 2.29 bits per heavy atom. The fourth-order valence-electron chi connectivity index (χ4n) is 2.09. The van der Waals surface area contributed by atoms with Crippen LogP contribution in [0.5, 0.6) is 0 Å². The number of halogens is 1. The molecule has 2 atom stereocenters. The Kier molecular flexibility index (Phi) is 7.08. The van der Waals surface area contributed by atoms with Crippen LogP contribution < -0.4 is 15.4 Å². The Hall–Kier alpha value is -0.670. The monoisotopic (exact) mass is 353 g/mol. The molecule has 2 rings (SSSR count). The Balaban J connectivity index is 0.00000220. The van der Waals surface area contributed by atoms with Crippen molar-refractivity contribution in [3.05, 3.63) is 17.5 Å². The highest BCUT2D eigenvalue weighted by Gasteiger charge is 2.23. The van der Waals surface area contributed by atoms with Gasteiger partial charge >= 0.3 is 0 Å². The van der Waals surface area contributed by atoms with Crippen LogP contribution in [0.15, 0.2) is 21.7 Å². The molecule has 1 amide bonds. The average Bonchev–Trinajstić information content (AvgIpc) is 2.94. The van der Waals surface area contributed by atoms with Gasteiger partial charge in [0.25, 0.3) is 10.0 Å². The van der Waals surface area contributed by atoms with Crippen LogP contribution in [-0.2, 0) is 14.8 Å². The topological polar surface area (TPSA) is 87.3 Å². The van der Waals surface area contributed by atoms with Gasteiger partial charge in [0.2, 0.25) is 5.91 Å². The third kappa shape index (κ3) is 5.23. The first-order chi connectivity index (χ1) is 9.49. The van der Waals surface area contributed by atoms with Gasteiger partial charge in [-0.15, -0.1) is 23.7 Å². The molecule has 1 saturated heterocycles. The molecule has 21 heavy (non-hydrogen) atoms. The zero-order chi connectivity index (χ0) is 14.6. The highest BCUT2D eigenvalue weighted by atomic mass is 35.5. The van der Waals surface area contributed by atoms with Gasteiger partial charge < -0.3 is 10.6 Å². The van der Waals surface area contributed by atoms with Crippen LogP contribution in [0.3, 0.4) is 0 Å². The first-order valence-corrected chi connectivity index (χ1v) is 8.88. The SMILES string of the molecule is CC1CCNCC1NC(=O)CNS(=O)(=O)c1cccs1.Cl. The van der Waals surface area contributed by atoms with Crippen molar-refractivity contribution in [3.63, 3.8) is 0 Å². The molecule has 0 spiro atoms. The Labute approximate surface area is 135 Å². The van der Waals surface area contributed by atoms with E-state index in [1.165, 1.54) is 6.07 Å². The number of sulfonamides is 1. The molecular formula is C12H20ClN3O3S2. The molecular weight excluding hydrogens is 334 g/mol. The van der Waals surface area contributed by atoms with Crippen LogP contribution in [-0.4, -0.2) is 40.0 Å². The summed E-state index contributed by atoms with van der Waals surface area (Å²) in [6.07, 6.45) is 1.01. The molecule has 6 nitrogen and oxygen atoms in total. The summed E-state index contributed by atoms with van der Waals surface area (Å²) in [6, 6.07) is 3.23. The van der Waals surface area contributed by atoms with Gasteiger partial charge in [-0.1, -0.05) is 13.0 Å². The standard InChI is InChI=1S/C12H19N3O3S2.ClH/c1-9-4-5-13-7-10(9)15-11(16)8-14-20(17,18)12-3-2-6-19-12;/h2-3,6,9-10,13-14H,4-5,7-8H2,1H3,(H,15,16);1H. The van der Waals surface area contributed by atoms with Gasteiger partial charge in [-0.3, -0.25) is 4.79 Å². The van der Waals surface area contributed by atoms with Crippen molar-refractivity contribution in [2.45, 2.75) is 23.6 Å². The maximum Gasteiger partial charge on any atom is 0.250 e. The van der Waals surface area contributed by atoms with Gasteiger partial charge in [-0.25, -0.2) is 13.1 Å². The van der Waals surface area contributed by atoms with Gasteiger partial charge in [0, 0.05) is 12.6 Å². The van der Waals surface area contributed by atoms with E-state index in [-0.39, 0.29) is 35.1 Å². The second kappa shape index (κ2) is 8.09. The summed E-state index contributed by atoms with van der Waals surface area (Å²) in [4.78, 5) is 11.8. The molecule has 0 bridgehead atoms. The number of hydrogen-bond acceptors (Lipinski definition) is 5. The molecule has 3 N–H and O–H groups in total. The predicted octanol–water partition coefficient (Wildman–Crippen LogP) is 0.562. The molecule has 120 valence electrons. The van der Waals surface area contributed by atoms with Gasteiger partial charge in [0.05, 0.1) is 6.54 Å². The van der Waals surface area contributed by atoms with Crippen molar-refractivity contribution in [1.82, 2.24) is 15.4 Å². The fraction of sp³-hybridized carbons (Fsp3) is 0.583. The highest BCUT2D eigenvalue weighted by molar-refractivity contribution is 7.91. The summed E-state index contributed by atoms with van der Waals surface area (Å²) in [5.74, 6) is 0.0970. The lowest BCUT2D eigenvalue weighted by atomic mass is 9.95. The summed E-state index contributed by atoms with van der Waals surface area (Å²) in [6.45, 7) is 3.54. The first-order valence-electron chi connectivity index (χ1n) is 6.52. The minimum absolute atomic E-state index is 0. The van der Waals surface area contributed by atoms with Crippen LogP contribution in [0.2, 0.25) is 0 Å². The number of carbonyl (C=O) groups is 1. The minimum atomic E-state index is -3.57. The zero-order valence-corrected chi connectivity index (χ0v) is 14.1. The van der Waals surface area contributed by atoms with Gasteiger partial charge in [-0.2, -0.15) is 0 Å². The molecule has 0 aromatic carbocycles. The van der Waals surface area contributed by atoms with Crippen LogP contribution in [0.4, 0.5) is 0 Å². The Morgan fingerprint density at radius 1 is 1.52 bits per heavy atom. The van der Waals surface area contributed by atoms with Gasteiger partial charge in [0.1, 0.15) is 4.21 Å². The highest BCUT2D eigenvalue weighted by Crippen LogP contribution is 2.15. The Bertz CT molecular complexity index is 548. The third-order valence-electron chi connectivity index (χ3n) is 3.36. The molecule has 1 aromatic heterocycles. The van der Waals surface area contributed by atoms with E-state index in [0.717, 1.165) is 30.8 Å². The van der Waals surface area contributed by atoms with E-state index in [0.29, 0.717) is 5.92 Å². The molecule has 0 radical (unpaired) electrons. The first kappa shape index (κ1) is 18.4. The molecule has 9 heteroatoms. The van der Waals surface area contributed by atoms with Crippen molar-refractivity contribution in [2.75, 3.05) is 19.6 Å². The number of hydrogen-bond donors (Lipinski definition) is 3. The number of amides is 1. The van der Waals surface area contributed by atoms with E-state index in [4.69, 9.17) is 0 Å². The number of piperidine rings is 1. The van der Waals surface area contributed by atoms with E-state index in [1.54, 1.807) is 11.4 Å². The smallest absolute Gasteiger partial charge is 0.250 e. The summed E-state index contributed by atoms with van der Waals surface area (Å²) < 4.78 is 26.3. The number of nitrogens with one attached hydrogen (secondary N) is 3. The van der Waals surface area contributed by atoms with Crippen LogP contribution >= 0.6 is 23.7 Å². The lowest BCUT2D eigenvalue weighted by Crippen LogP contribution is -2.52. The normalized spacial score (nSPS) is 22.3. The summed E-state index contributed by atoms with van der Waals surface area (Å²) in [7, 11) is -3.57. The van der Waals surface area contributed by atoms with Crippen molar-refractivity contribution in [1.29, 1.82) is 0 Å². The number of thiophene rings is 1. The lowest BCUT2D eigenvalue weighted by molar-refractivity contribution is -0.121. The fourth-order valence-corrected chi connectivity index (χ4v) is 4.11. The lowest BCUT2D eigenvalue weighted by Gasteiger charge is -2.30.